The maximum Gasteiger partial charge on any atom is 0.191 e. The molecule has 0 aliphatic heterocycles. The van der Waals surface area contributed by atoms with Crippen LogP contribution in [0.3, 0.4) is 0 Å². The number of imidazole rings is 1. The third kappa shape index (κ3) is 3.27. The van der Waals surface area contributed by atoms with E-state index < -0.39 is 0 Å². The molecule has 0 bridgehead atoms. The topological polar surface area (TPSA) is 54.2 Å². The van der Waals surface area contributed by atoms with Gasteiger partial charge in [-0.1, -0.05) is 13.0 Å². The quantitative estimate of drug-likeness (QED) is 0.671. The van der Waals surface area contributed by atoms with Gasteiger partial charge in [0, 0.05) is 32.0 Å². The van der Waals surface area contributed by atoms with Gasteiger partial charge in [-0.3, -0.25) is 4.99 Å². The lowest BCUT2D eigenvalue weighted by molar-refractivity contribution is 0.614. The molecule has 1 heterocycles. The van der Waals surface area contributed by atoms with E-state index in [0.29, 0.717) is 24.2 Å². The van der Waals surface area contributed by atoms with Crippen LogP contribution in [0.1, 0.15) is 18.9 Å². The van der Waals surface area contributed by atoms with Crippen molar-refractivity contribution in [2.45, 2.75) is 25.9 Å². The highest BCUT2D eigenvalue weighted by atomic mass is 19.1. The minimum absolute atomic E-state index is 0.268. The second-order valence-electron chi connectivity index (χ2n) is 5.65. The summed E-state index contributed by atoms with van der Waals surface area (Å²) in [5.41, 5.74) is 1.36. The summed E-state index contributed by atoms with van der Waals surface area (Å²) in [5, 5.41) is 6.55. The first-order chi connectivity index (χ1) is 10.7. The minimum atomic E-state index is -0.268. The van der Waals surface area contributed by atoms with Crippen LogP contribution in [-0.2, 0) is 6.54 Å². The summed E-state index contributed by atoms with van der Waals surface area (Å²) in [6, 6.07) is 5.70. The molecule has 1 aromatic carbocycles. The van der Waals surface area contributed by atoms with Crippen LogP contribution >= 0.6 is 0 Å². The van der Waals surface area contributed by atoms with E-state index in [1.807, 2.05) is 6.07 Å². The van der Waals surface area contributed by atoms with Crippen LogP contribution in [0.15, 0.2) is 41.9 Å². The van der Waals surface area contributed by atoms with Crippen molar-refractivity contribution in [3.8, 4) is 5.69 Å². The van der Waals surface area contributed by atoms with Crippen molar-refractivity contribution >= 4 is 5.96 Å². The van der Waals surface area contributed by atoms with Gasteiger partial charge >= 0.3 is 0 Å². The highest BCUT2D eigenvalue weighted by Crippen LogP contribution is 2.28. The largest absolute Gasteiger partial charge is 0.353 e. The Hall–Kier alpha value is -2.37. The molecule has 2 unspecified atom stereocenters. The molecule has 0 saturated heterocycles. The van der Waals surface area contributed by atoms with Crippen molar-refractivity contribution in [3.05, 3.63) is 48.3 Å². The molecule has 5 nitrogen and oxygen atoms in total. The number of nitrogens with one attached hydrogen (secondary N) is 2. The smallest absolute Gasteiger partial charge is 0.191 e. The Morgan fingerprint density at radius 1 is 1.50 bits per heavy atom. The van der Waals surface area contributed by atoms with Crippen molar-refractivity contribution in [1.82, 2.24) is 20.2 Å². The van der Waals surface area contributed by atoms with Crippen LogP contribution in [0.5, 0.6) is 0 Å². The molecule has 1 aliphatic rings. The first-order valence-electron chi connectivity index (χ1n) is 7.41. The molecule has 0 amide bonds. The summed E-state index contributed by atoms with van der Waals surface area (Å²) in [4.78, 5) is 8.12. The Labute approximate surface area is 129 Å². The highest BCUT2D eigenvalue weighted by Gasteiger charge is 2.33. The molecule has 1 aliphatic carbocycles. The third-order valence-electron chi connectivity index (χ3n) is 3.91. The van der Waals surface area contributed by atoms with E-state index in [1.54, 1.807) is 36.4 Å². The zero-order valence-electron chi connectivity index (χ0n) is 12.8. The molecule has 1 fully saturated rings. The number of benzene rings is 1. The maximum atomic E-state index is 14.2. The predicted octanol–water partition coefficient (Wildman–Crippen LogP) is 2.08. The zero-order chi connectivity index (χ0) is 15.5. The Morgan fingerprint density at radius 2 is 2.32 bits per heavy atom. The van der Waals surface area contributed by atoms with Gasteiger partial charge in [0.2, 0.25) is 0 Å². The number of hydrogen-bond acceptors (Lipinski definition) is 2. The molecule has 0 spiro atoms. The summed E-state index contributed by atoms with van der Waals surface area (Å²) < 4.78 is 15.8. The van der Waals surface area contributed by atoms with Gasteiger partial charge in [-0.2, -0.15) is 0 Å². The predicted molar refractivity (Wildman–Crippen MR) is 84.4 cm³/mol. The number of hydrogen-bond donors (Lipinski definition) is 2. The summed E-state index contributed by atoms with van der Waals surface area (Å²) in [6.07, 6.45) is 6.11. The lowest BCUT2D eigenvalue weighted by Gasteiger charge is -2.12. The van der Waals surface area contributed by atoms with Gasteiger partial charge in [0.1, 0.15) is 5.82 Å². The number of aliphatic imine (C=N–C) groups is 1. The van der Waals surface area contributed by atoms with Gasteiger partial charge in [-0.05, 0) is 30.0 Å². The van der Waals surface area contributed by atoms with E-state index in [2.05, 4.69) is 27.5 Å². The van der Waals surface area contributed by atoms with Gasteiger partial charge in [0.05, 0.1) is 12.0 Å². The van der Waals surface area contributed by atoms with Crippen LogP contribution in [0, 0.1) is 11.7 Å². The van der Waals surface area contributed by atoms with Crippen molar-refractivity contribution in [2.24, 2.45) is 10.9 Å². The van der Waals surface area contributed by atoms with Crippen LogP contribution in [0.2, 0.25) is 0 Å². The van der Waals surface area contributed by atoms with Crippen LogP contribution in [0.4, 0.5) is 4.39 Å². The average Bonchev–Trinajstić information content (AvgIpc) is 2.99. The number of guanidine groups is 1. The lowest BCUT2D eigenvalue weighted by atomic mass is 10.2. The van der Waals surface area contributed by atoms with Gasteiger partial charge in [-0.25, -0.2) is 9.37 Å². The fourth-order valence-corrected chi connectivity index (χ4v) is 2.35. The lowest BCUT2D eigenvalue weighted by Crippen LogP contribution is -2.38. The van der Waals surface area contributed by atoms with Crippen molar-refractivity contribution in [2.75, 3.05) is 7.05 Å². The molecule has 3 rings (SSSR count). The Morgan fingerprint density at radius 3 is 2.91 bits per heavy atom. The third-order valence-corrected chi connectivity index (χ3v) is 3.91. The number of nitrogens with zero attached hydrogens (tertiary/aromatic N) is 3. The fraction of sp³-hybridized carbons (Fsp3) is 0.375. The van der Waals surface area contributed by atoms with Gasteiger partial charge < -0.3 is 15.2 Å². The molecular formula is C16H20FN5. The Bertz CT molecular complexity index is 665. The normalized spacial score (nSPS) is 20.8. The van der Waals surface area contributed by atoms with E-state index >= 15 is 0 Å². The Balaban J connectivity index is 1.62. The molecule has 116 valence electrons. The van der Waals surface area contributed by atoms with E-state index in [4.69, 9.17) is 0 Å². The van der Waals surface area contributed by atoms with E-state index in [9.17, 15) is 4.39 Å². The zero-order valence-corrected chi connectivity index (χ0v) is 12.8. The van der Waals surface area contributed by atoms with Crippen molar-refractivity contribution < 1.29 is 4.39 Å². The summed E-state index contributed by atoms with van der Waals surface area (Å²) in [6.45, 7) is 2.73. The van der Waals surface area contributed by atoms with Crippen LogP contribution < -0.4 is 10.6 Å². The number of aromatic nitrogens is 2. The molecule has 2 atom stereocenters. The summed E-state index contributed by atoms with van der Waals surface area (Å²) in [7, 11) is 1.74. The van der Waals surface area contributed by atoms with E-state index in [1.165, 1.54) is 12.5 Å². The fourth-order valence-electron chi connectivity index (χ4n) is 2.35. The second-order valence-corrected chi connectivity index (χ2v) is 5.65. The molecule has 6 heteroatoms. The minimum Gasteiger partial charge on any atom is -0.353 e. The molecule has 2 aromatic rings. The summed E-state index contributed by atoms with van der Waals surface area (Å²) in [5.74, 6) is 1.19. The molecule has 1 saturated carbocycles. The SMILES string of the molecule is CN=C(NCc1ccc(-n2ccnc2)c(F)c1)NC1CC1C. The van der Waals surface area contributed by atoms with Crippen LogP contribution in [0.25, 0.3) is 5.69 Å². The van der Waals surface area contributed by atoms with Crippen molar-refractivity contribution in [1.29, 1.82) is 0 Å². The van der Waals surface area contributed by atoms with Crippen LogP contribution in [-0.4, -0.2) is 28.6 Å². The monoisotopic (exact) mass is 301 g/mol. The first kappa shape index (κ1) is 14.6. The van der Waals surface area contributed by atoms with E-state index in [-0.39, 0.29) is 5.82 Å². The standard InChI is InChI=1S/C16H20FN5/c1-11-7-14(11)21-16(18-2)20-9-12-3-4-15(13(17)8-12)22-6-5-19-10-22/h3-6,8,10-11,14H,7,9H2,1-2H3,(H2,18,20,21). The second kappa shape index (κ2) is 6.17. The Kier molecular flexibility index (Phi) is 4.09. The molecule has 22 heavy (non-hydrogen) atoms. The molecule has 2 N–H and O–H groups in total. The molecule has 1 aromatic heterocycles. The van der Waals surface area contributed by atoms with Gasteiger partial charge in [0.15, 0.2) is 5.96 Å². The summed E-state index contributed by atoms with van der Waals surface area (Å²) >= 11 is 0. The molecule has 0 radical (unpaired) electrons. The van der Waals surface area contributed by atoms with Gasteiger partial charge in [0.25, 0.3) is 0 Å². The number of halogens is 1. The number of rotatable bonds is 4. The van der Waals surface area contributed by atoms with E-state index in [0.717, 1.165) is 11.5 Å². The van der Waals surface area contributed by atoms with Crippen molar-refractivity contribution in [3.63, 3.8) is 0 Å². The highest BCUT2D eigenvalue weighted by molar-refractivity contribution is 5.80. The molecular weight excluding hydrogens is 281 g/mol. The average molecular weight is 301 g/mol. The van der Waals surface area contributed by atoms with Gasteiger partial charge in [-0.15, -0.1) is 0 Å². The maximum absolute atomic E-state index is 14.2. The first-order valence-corrected chi connectivity index (χ1v) is 7.41.